The summed E-state index contributed by atoms with van der Waals surface area (Å²) in [4.78, 5) is 6.76. The lowest BCUT2D eigenvalue weighted by Gasteiger charge is -2.12. The quantitative estimate of drug-likeness (QED) is 0.775. The topological polar surface area (TPSA) is 40.2 Å². The molecule has 0 amide bonds. The first-order valence-electron chi connectivity index (χ1n) is 7.80. The van der Waals surface area contributed by atoms with E-state index in [9.17, 15) is 0 Å². The summed E-state index contributed by atoms with van der Waals surface area (Å²) in [6.45, 7) is 5.46. The second kappa shape index (κ2) is 8.15. The number of benzene rings is 1. The molecule has 120 valence electrons. The highest BCUT2D eigenvalue weighted by molar-refractivity contribution is 7.13. The Morgan fingerprint density at radius 2 is 1.95 bits per heavy atom. The molecule has 5 heteroatoms. The molecule has 0 aliphatic rings. The van der Waals surface area contributed by atoms with Crippen molar-refractivity contribution in [2.45, 2.75) is 32.7 Å². The predicted molar refractivity (Wildman–Crippen MR) is 97.6 cm³/mol. The van der Waals surface area contributed by atoms with Crippen molar-refractivity contribution in [1.29, 1.82) is 0 Å². The molecular weight excluding hydrogens is 292 g/mol. The first-order chi connectivity index (χ1) is 10.6. The van der Waals surface area contributed by atoms with Gasteiger partial charge in [0.2, 0.25) is 0 Å². The van der Waals surface area contributed by atoms with Crippen molar-refractivity contribution in [3.8, 4) is 0 Å². The molecule has 0 fully saturated rings. The zero-order valence-electron chi connectivity index (χ0n) is 13.9. The van der Waals surface area contributed by atoms with E-state index in [0.29, 0.717) is 6.04 Å². The molecule has 0 spiro atoms. The number of nitrogens with zero attached hydrogens (tertiary/aromatic N) is 2. The fourth-order valence-electron chi connectivity index (χ4n) is 2.20. The van der Waals surface area contributed by atoms with E-state index < -0.39 is 0 Å². The second-order valence-corrected chi connectivity index (χ2v) is 6.63. The molecule has 1 aromatic carbocycles. The van der Waals surface area contributed by atoms with Gasteiger partial charge in [0, 0.05) is 43.3 Å². The minimum absolute atomic E-state index is 0.467. The number of hydrogen-bond donors (Lipinski definition) is 2. The van der Waals surface area contributed by atoms with E-state index in [1.54, 1.807) is 11.3 Å². The van der Waals surface area contributed by atoms with Gasteiger partial charge in [0.1, 0.15) is 0 Å². The number of thiazole rings is 1. The molecule has 1 aromatic heterocycles. The molecule has 22 heavy (non-hydrogen) atoms. The van der Waals surface area contributed by atoms with E-state index in [2.05, 4.69) is 64.0 Å². The lowest BCUT2D eigenvalue weighted by atomic mass is 10.2. The molecule has 0 bridgehead atoms. The third kappa shape index (κ3) is 5.00. The minimum atomic E-state index is 0.467. The van der Waals surface area contributed by atoms with Gasteiger partial charge in [0.25, 0.3) is 0 Å². The maximum Gasteiger partial charge on any atom is 0.187 e. The Morgan fingerprint density at radius 1 is 1.23 bits per heavy atom. The van der Waals surface area contributed by atoms with Crippen LogP contribution in [0.15, 0.2) is 29.6 Å². The average Bonchev–Trinajstić information content (AvgIpc) is 2.92. The third-order valence-electron chi connectivity index (χ3n) is 3.44. The predicted octanol–water partition coefficient (Wildman–Crippen LogP) is 3.88. The van der Waals surface area contributed by atoms with E-state index in [1.807, 2.05) is 14.1 Å². The van der Waals surface area contributed by atoms with Crippen molar-refractivity contribution in [3.05, 3.63) is 35.3 Å². The Kier molecular flexibility index (Phi) is 6.21. The van der Waals surface area contributed by atoms with Gasteiger partial charge in [0.05, 0.1) is 5.69 Å². The van der Waals surface area contributed by atoms with Crippen LogP contribution in [-0.2, 0) is 6.42 Å². The van der Waals surface area contributed by atoms with Gasteiger partial charge in [0.15, 0.2) is 5.13 Å². The van der Waals surface area contributed by atoms with Crippen molar-refractivity contribution in [3.63, 3.8) is 0 Å². The molecule has 0 aliphatic carbocycles. The van der Waals surface area contributed by atoms with Crippen molar-refractivity contribution < 1.29 is 0 Å². The van der Waals surface area contributed by atoms with Gasteiger partial charge in [-0.05, 0) is 44.2 Å². The van der Waals surface area contributed by atoms with Crippen LogP contribution in [0.25, 0.3) is 0 Å². The van der Waals surface area contributed by atoms with Gasteiger partial charge in [-0.15, -0.1) is 11.3 Å². The van der Waals surface area contributed by atoms with Crippen LogP contribution in [0.4, 0.5) is 16.5 Å². The number of anilines is 3. The SMILES string of the molecule is CCCNC(C)Cc1csc(Nc2ccc(N(C)C)cc2)n1. The molecule has 2 N–H and O–H groups in total. The van der Waals surface area contributed by atoms with Crippen LogP contribution < -0.4 is 15.5 Å². The maximum atomic E-state index is 4.67. The van der Waals surface area contributed by atoms with Gasteiger partial charge in [-0.1, -0.05) is 6.92 Å². The molecule has 1 atom stereocenters. The number of hydrogen-bond acceptors (Lipinski definition) is 5. The summed E-state index contributed by atoms with van der Waals surface area (Å²) in [5.74, 6) is 0. The van der Waals surface area contributed by atoms with E-state index in [4.69, 9.17) is 0 Å². The molecule has 2 rings (SSSR count). The summed E-state index contributed by atoms with van der Waals surface area (Å²) < 4.78 is 0. The smallest absolute Gasteiger partial charge is 0.187 e. The van der Waals surface area contributed by atoms with E-state index >= 15 is 0 Å². The van der Waals surface area contributed by atoms with E-state index in [1.165, 1.54) is 5.69 Å². The lowest BCUT2D eigenvalue weighted by Crippen LogP contribution is -2.28. The van der Waals surface area contributed by atoms with Crippen LogP contribution in [0, 0.1) is 0 Å². The van der Waals surface area contributed by atoms with Crippen molar-refractivity contribution in [1.82, 2.24) is 10.3 Å². The van der Waals surface area contributed by atoms with Crippen LogP contribution in [0.5, 0.6) is 0 Å². The number of nitrogens with one attached hydrogen (secondary N) is 2. The Bertz CT molecular complexity index is 562. The number of rotatable bonds is 8. The largest absolute Gasteiger partial charge is 0.378 e. The van der Waals surface area contributed by atoms with E-state index in [0.717, 1.165) is 35.9 Å². The highest BCUT2D eigenvalue weighted by Crippen LogP contribution is 2.23. The van der Waals surface area contributed by atoms with Gasteiger partial charge in [-0.3, -0.25) is 0 Å². The molecule has 0 aliphatic heterocycles. The standard InChI is InChI=1S/C17H26N4S/c1-5-10-18-13(2)11-15-12-22-17(20-15)19-14-6-8-16(9-7-14)21(3)4/h6-9,12-13,18H,5,10-11H2,1-4H3,(H,19,20). The maximum absolute atomic E-state index is 4.67. The Balaban J connectivity index is 1.91. The van der Waals surface area contributed by atoms with Crippen molar-refractivity contribution in [2.24, 2.45) is 0 Å². The Morgan fingerprint density at radius 3 is 2.59 bits per heavy atom. The summed E-state index contributed by atoms with van der Waals surface area (Å²) in [7, 11) is 4.09. The molecular formula is C17H26N4S. The number of aromatic nitrogens is 1. The first kappa shape index (κ1) is 16.8. The fourth-order valence-corrected chi connectivity index (χ4v) is 2.94. The zero-order chi connectivity index (χ0) is 15.9. The van der Waals surface area contributed by atoms with Crippen molar-refractivity contribution >= 4 is 27.8 Å². The summed E-state index contributed by atoms with van der Waals surface area (Å²) in [6.07, 6.45) is 2.13. The highest BCUT2D eigenvalue weighted by Gasteiger charge is 2.07. The normalized spacial score (nSPS) is 12.2. The molecule has 0 saturated carbocycles. The second-order valence-electron chi connectivity index (χ2n) is 5.77. The zero-order valence-corrected chi connectivity index (χ0v) is 14.7. The summed E-state index contributed by atoms with van der Waals surface area (Å²) in [5, 5.41) is 9.96. The molecule has 1 heterocycles. The summed E-state index contributed by atoms with van der Waals surface area (Å²) in [6, 6.07) is 8.85. The van der Waals surface area contributed by atoms with Crippen molar-refractivity contribution in [2.75, 3.05) is 30.9 Å². The van der Waals surface area contributed by atoms with Crippen LogP contribution in [0.1, 0.15) is 26.0 Å². The Hall–Kier alpha value is -1.59. The molecule has 0 radical (unpaired) electrons. The van der Waals surface area contributed by atoms with Gasteiger partial charge >= 0.3 is 0 Å². The molecule has 2 aromatic rings. The highest BCUT2D eigenvalue weighted by atomic mass is 32.1. The minimum Gasteiger partial charge on any atom is -0.378 e. The summed E-state index contributed by atoms with van der Waals surface area (Å²) >= 11 is 1.66. The van der Waals surface area contributed by atoms with Gasteiger partial charge < -0.3 is 15.5 Å². The fraction of sp³-hybridized carbons (Fsp3) is 0.471. The van der Waals surface area contributed by atoms with E-state index in [-0.39, 0.29) is 0 Å². The molecule has 0 saturated heterocycles. The average molecular weight is 318 g/mol. The molecule has 1 unspecified atom stereocenters. The van der Waals surface area contributed by atoms with Crippen LogP contribution >= 0.6 is 11.3 Å². The monoisotopic (exact) mass is 318 g/mol. The van der Waals surface area contributed by atoms with Crippen LogP contribution in [0.3, 0.4) is 0 Å². The molecule has 4 nitrogen and oxygen atoms in total. The third-order valence-corrected chi connectivity index (χ3v) is 4.25. The lowest BCUT2D eigenvalue weighted by molar-refractivity contribution is 0.540. The first-order valence-corrected chi connectivity index (χ1v) is 8.68. The van der Waals surface area contributed by atoms with Crippen LogP contribution in [-0.4, -0.2) is 31.7 Å². The Labute approximate surface area is 137 Å². The van der Waals surface area contributed by atoms with Gasteiger partial charge in [-0.25, -0.2) is 4.98 Å². The van der Waals surface area contributed by atoms with Crippen LogP contribution in [0.2, 0.25) is 0 Å². The summed E-state index contributed by atoms with van der Waals surface area (Å²) in [5.41, 5.74) is 3.42. The van der Waals surface area contributed by atoms with Gasteiger partial charge in [-0.2, -0.15) is 0 Å².